The number of ether oxygens (including phenoxy) is 4. The SMILES string of the molecule is C/C=C1/C[N+]2([O-])[C@H]3C[C@@]45C(=Nc6cc7c(c(OC)c64)OCO7)OC[C@H]3[C@@H]1C[C@@H]52. The highest BCUT2D eigenvalue weighted by Crippen LogP contribution is 2.68. The van der Waals surface area contributed by atoms with Gasteiger partial charge in [-0.3, -0.25) is 0 Å². The predicted molar refractivity (Wildman–Crippen MR) is 99.9 cm³/mol. The largest absolute Gasteiger partial charge is 0.632 e. The molecule has 1 aromatic rings. The zero-order valence-electron chi connectivity index (χ0n) is 15.9. The van der Waals surface area contributed by atoms with Crippen molar-refractivity contribution in [1.29, 1.82) is 0 Å². The van der Waals surface area contributed by atoms with E-state index >= 15 is 0 Å². The fraction of sp³-hybridized carbons (Fsp3) is 0.571. The molecule has 1 unspecified atom stereocenters. The van der Waals surface area contributed by atoms with Gasteiger partial charge >= 0.3 is 0 Å². The highest BCUT2D eigenvalue weighted by molar-refractivity contribution is 6.00. The number of aliphatic imine (C=N–C) groups is 1. The number of hydrogen-bond acceptors (Lipinski definition) is 6. The van der Waals surface area contributed by atoms with Crippen molar-refractivity contribution in [3.8, 4) is 17.2 Å². The molecule has 7 nitrogen and oxygen atoms in total. The van der Waals surface area contributed by atoms with E-state index in [-0.39, 0.29) is 29.4 Å². The number of rotatable bonds is 1. The highest BCUT2D eigenvalue weighted by atomic mass is 16.7. The van der Waals surface area contributed by atoms with E-state index in [4.69, 9.17) is 23.9 Å². The van der Waals surface area contributed by atoms with E-state index in [9.17, 15) is 5.21 Å². The van der Waals surface area contributed by atoms with E-state index in [0.29, 0.717) is 42.2 Å². The first kappa shape index (κ1) is 15.6. The van der Waals surface area contributed by atoms with Crippen molar-refractivity contribution in [2.24, 2.45) is 16.8 Å². The van der Waals surface area contributed by atoms with Crippen LogP contribution in [-0.4, -0.2) is 49.7 Å². The molecule has 5 saturated heterocycles. The van der Waals surface area contributed by atoms with E-state index in [0.717, 1.165) is 24.1 Å². The molecule has 0 aliphatic carbocycles. The second-order valence-electron chi connectivity index (χ2n) is 8.91. The van der Waals surface area contributed by atoms with Gasteiger partial charge in [-0.15, -0.1) is 0 Å². The van der Waals surface area contributed by atoms with Crippen LogP contribution >= 0.6 is 0 Å². The van der Waals surface area contributed by atoms with Crippen LogP contribution in [0.3, 0.4) is 0 Å². The summed E-state index contributed by atoms with van der Waals surface area (Å²) in [5.41, 5.74) is 2.57. The Bertz CT molecular complexity index is 1000. The van der Waals surface area contributed by atoms with Gasteiger partial charge in [0.05, 0.1) is 31.4 Å². The third-order valence-corrected chi connectivity index (χ3v) is 8.22. The summed E-state index contributed by atoms with van der Waals surface area (Å²) in [5.74, 6) is 3.36. The Hall–Kier alpha value is -2.25. The van der Waals surface area contributed by atoms with Crippen molar-refractivity contribution < 1.29 is 23.6 Å². The predicted octanol–water partition coefficient (Wildman–Crippen LogP) is 2.79. The van der Waals surface area contributed by atoms with Gasteiger partial charge in [0.25, 0.3) is 0 Å². The zero-order valence-corrected chi connectivity index (χ0v) is 15.9. The summed E-state index contributed by atoms with van der Waals surface area (Å²) >= 11 is 0. The molecule has 7 aliphatic heterocycles. The number of fused-ring (bicyclic) bond motifs is 3. The maximum Gasteiger partial charge on any atom is 0.231 e. The van der Waals surface area contributed by atoms with E-state index < -0.39 is 5.41 Å². The minimum atomic E-state index is -0.517. The zero-order chi connectivity index (χ0) is 18.8. The number of allylic oxidation sites excluding steroid dienone is 1. The molecule has 0 N–H and O–H groups in total. The first-order valence-electron chi connectivity index (χ1n) is 10.1. The molecule has 7 aliphatic rings. The lowest BCUT2D eigenvalue weighted by molar-refractivity contribution is -0.932. The molecule has 8 rings (SSSR count). The minimum absolute atomic E-state index is 0.0567. The maximum absolute atomic E-state index is 14.3. The van der Waals surface area contributed by atoms with Gasteiger partial charge in [0, 0.05) is 30.4 Å². The summed E-state index contributed by atoms with van der Waals surface area (Å²) in [6, 6.07) is 1.89. The van der Waals surface area contributed by atoms with Gasteiger partial charge in [-0.05, 0) is 12.5 Å². The number of methoxy groups -OCH3 is 1. The molecule has 6 atom stereocenters. The lowest BCUT2D eigenvalue weighted by Crippen LogP contribution is -2.69. The minimum Gasteiger partial charge on any atom is -0.632 e. The van der Waals surface area contributed by atoms with E-state index in [1.54, 1.807) is 7.11 Å². The smallest absolute Gasteiger partial charge is 0.231 e. The van der Waals surface area contributed by atoms with Crippen LogP contribution in [0.4, 0.5) is 5.69 Å². The third-order valence-electron chi connectivity index (χ3n) is 8.22. The van der Waals surface area contributed by atoms with Gasteiger partial charge in [0.1, 0.15) is 18.0 Å². The topological polar surface area (TPSA) is 72.3 Å². The molecule has 28 heavy (non-hydrogen) atoms. The molecule has 7 heteroatoms. The van der Waals surface area contributed by atoms with E-state index in [2.05, 4.69) is 13.0 Å². The van der Waals surface area contributed by atoms with Crippen LogP contribution in [0.25, 0.3) is 0 Å². The molecule has 0 saturated carbocycles. The molecular formula is C21H22N2O5. The summed E-state index contributed by atoms with van der Waals surface area (Å²) in [7, 11) is 1.65. The lowest BCUT2D eigenvalue weighted by atomic mass is 9.67. The molecular weight excluding hydrogens is 360 g/mol. The Kier molecular flexibility index (Phi) is 2.60. The first-order valence-corrected chi connectivity index (χ1v) is 10.1. The summed E-state index contributed by atoms with van der Waals surface area (Å²) in [4.78, 5) is 4.88. The van der Waals surface area contributed by atoms with Gasteiger partial charge in [0.15, 0.2) is 11.5 Å². The summed E-state index contributed by atoms with van der Waals surface area (Å²) in [6.07, 6.45) is 3.83. The second-order valence-corrected chi connectivity index (χ2v) is 8.91. The Morgan fingerprint density at radius 2 is 2.25 bits per heavy atom. The monoisotopic (exact) mass is 382 g/mol. The van der Waals surface area contributed by atoms with Gasteiger partial charge < -0.3 is 28.8 Å². The van der Waals surface area contributed by atoms with Gasteiger partial charge in [-0.2, -0.15) is 0 Å². The Labute approximate surface area is 162 Å². The van der Waals surface area contributed by atoms with Crippen LogP contribution < -0.4 is 14.2 Å². The van der Waals surface area contributed by atoms with Gasteiger partial charge in [-0.25, -0.2) is 4.99 Å². The third kappa shape index (κ3) is 1.43. The van der Waals surface area contributed by atoms with E-state index in [1.807, 2.05) is 6.07 Å². The average molecular weight is 382 g/mol. The molecule has 5 bridgehead atoms. The number of quaternary nitrogens is 1. The maximum atomic E-state index is 14.3. The Morgan fingerprint density at radius 3 is 3.07 bits per heavy atom. The van der Waals surface area contributed by atoms with Crippen LogP contribution in [0.15, 0.2) is 22.7 Å². The second kappa shape index (κ2) is 4.66. The van der Waals surface area contributed by atoms with Gasteiger partial charge in [-0.1, -0.05) is 6.08 Å². The fourth-order valence-corrected chi connectivity index (χ4v) is 7.22. The molecule has 1 spiro atoms. The number of nitrogens with zero attached hydrogens (tertiary/aromatic N) is 2. The molecule has 5 fully saturated rings. The first-order chi connectivity index (χ1) is 13.6. The lowest BCUT2D eigenvalue weighted by Gasteiger charge is -2.63. The van der Waals surface area contributed by atoms with Gasteiger partial charge in [0.2, 0.25) is 18.4 Å². The standard InChI is InChI=1S/C21H22N2O5/c1-3-10-7-23(24)14-6-21-16(23)4-11(10)12(14)8-26-20(21)22-13-5-15-18(28-9-27-15)19(25-2)17(13)21/h3,5,11-12,14,16H,4,6-9H2,1-2H3/b10-3-/t11-,12+,14+,16+,21+,23?/m1/s1. The van der Waals surface area contributed by atoms with Crippen molar-refractivity contribution in [3.05, 3.63) is 28.5 Å². The molecule has 1 aromatic carbocycles. The number of piperidine rings is 3. The number of hydroxylamine groups is 3. The summed E-state index contributed by atoms with van der Waals surface area (Å²) in [5, 5.41) is 14.3. The normalized spacial score (nSPS) is 44.2. The van der Waals surface area contributed by atoms with Crippen molar-refractivity contribution in [1.82, 2.24) is 0 Å². The number of benzene rings is 1. The van der Waals surface area contributed by atoms with Crippen molar-refractivity contribution >= 4 is 11.6 Å². The van der Waals surface area contributed by atoms with Crippen molar-refractivity contribution in [2.45, 2.75) is 37.3 Å². The molecule has 146 valence electrons. The fourth-order valence-electron chi connectivity index (χ4n) is 7.22. The average Bonchev–Trinajstić information content (AvgIpc) is 3.27. The summed E-state index contributed by atoms with van der Waals surface area (Å²) in [6.45, 7) is 3.42. The van der Waals surface area contributed by atoms with Crippen molar-refractivity contribution in [2.75, 3.05) is 27.1 Å². The van der Waals surface area contributed by atoms with Crippen LogP contribution in [0.1, 0.15) is 25.3 Å². The Balaban J connectivity index is 1.51. The van der Waals surface area contributed by atoms with Crippen LogP contribution in [0.5, 0.6) is 17.2 Å². The Morgan fingerprint density at radius 1 is 1.36 bits per heavy atom. The highest BCUT2D eigenvalue weighted by Gasteiger charge is 2.75. The van der Waals surface area contributed by atoms with Crippen LogP contribution in [-0.2, 0) is 10.2 Å². The van der Waals surface area contributed by atoms with Crippen LogP contribution in [0, 0.1) is 17.0 Å². The number of hydrogen-bond donors (Lipinski definition) is 0. The molecule has 7 heterocycles. The quantitative estimate of drug-likeness (QED) is 0.424. The molecule has 0 amide bonds. The van der Waals surface area contributed by atoms with Crippen molar-refractivity contribution in [3.63, 3.8) is 0 Å². The molecule has 0 aromatic heterocycles. The molecule has 0 radical (unpaired) electrons. The van der Waals surface area contributed by atoms with Crippen LogP contribution in [0.2, 0.25) is 0 Å². The summed E-state index contributed by atoms with van der Waals surface area (Å²) < 4.78 is 23.4. The van der Waals surface area contributed by atoms with E-state index in [1.165, 1.54) is 5.57 Å².